The molecule has 0 spiro atoms. The first-order valence-electron chi connectivity index (χ1n) is 7.34. The number of nitrogens with zero attached hydrogens (tertiary/aromatic N) is 2. The van der Waals surface area contributed by atoms with E-state index in [9.17, 15) is 14.7 Å². The molecule has 0 fully saturated rings. The summed E-state index contributed by atoms with van der Waals surface area (Å²) in [5.41, 5.74) is 4.90. The molecule has 1 amide bonds. The Morgan fingerprint density at radius 3 is 2.35 bits per heavy atom. The first-order valence-corrected chi connectivity index (χ1v) is 7.34. The predicted octanol–water partition coefficient (Wildman–Crippen LogP) is 2.53. The van der Waals surface area contributed by atoms with Crippen LogP contribution in [0.5, 0.6) is 0 Å². The third kappa shape index (κ3) is 3.41. The molecule has 6 nitrogen and oxygen atoms in total. The Morgan fingerprint density at radius 2 is 1.83 bits per heavy atom. The van der Waals surface area contributed by atoms with Crippen molar-refractivity contribution in [2.75, 3.05) is 5.32 Å². The van der Waals surface area contributed by atoms with Gasteiger partial charge >= 0.3 is 5.97 Å². The molecule has 1 heterocycles. The molecule has 1 aromatic heterocycles. The molecule has 0 atom stereocenters. The Balaban J connectivity index is 2.23. The number of aromatic carboxylic acids is 1. The van der Waals surface area contributed by atoms with Gasteiger partial charge in [-0.15, -0.1) is 0 Å². The van der Waals surface area contributed by atoms with Crippen molar-refractivity contribution < 1.29 is 14.7 Å². The van der Waals surface area contributed by atoms with Crippen LogP contribution in [-0.4, -0.2) is 26.8 Å². The van der Waals surface area contributed by atoms with Gasteiger partial charge in [-0.3, -0.25) is 9.48 Å². The number of carbonyl (C=O) groups is 2. The Kier molecular flexibility index (Phi) is 4.54. The minimum atomic E-state index is -1.00. The number of aromatic nitrogens is 2. The first-order chi connectivity index (χ1) is 10.7. The van der Waals surface area contributed by atoms with Gasteiger partial charge in [0, 0.05) is 24.0 Å². The van der Waals surface area contributed by atoms with Gasteiger partial charge in [0.2, 0.25) is 5.91 Å². The lowest BCUT2D eigenvalue weighted by atomic mass is 10.0. The van der Waals surface area contributed by atoms with E-state index in [4.69, 9.17) is 0 Å². The van der Waals surface area contributed by atoms with E-state index >= 15 is 0 Å². The molecule has 122 valence electrons. The van der Waals surface area contributed by atoms with Crippen LogP contribution in [0.3, 0.4) is 0 Å². The van der Waals surface area contributed by atoms with Crippen molar-refractivity contribution in [1.82, 2.24) is 9.78 Å². The van der Waals surface area contributed by atoms with Gasteiger partial charge in [0.15, 0.2) is 0 Å². The van der Waals surface area contributed by atoms with E-state index < -0.39 is 5.97 Å². The molecule has 2 rings (SSSR count). The van der Waals surface area contributed by atoms with Crippen LogP contribution >= 0.6 is 0 Å². The van der Waals surface area contributed by atoms with Crippen LogP contribution in [0.4, 0.5) is 5.69 Å². The Hall–Kier alpha value is -2.63. The summed E-state index contributed by atoms with van der Waals surface area (Å²) < 4.78 is 1.75. The van der Waals surface area contributed by atoms with Gasteiger partial charge in [-0.05, 0) is 44.9 Å². The number of aryl methyl sites for hydroxylation is 4. The summed E-state index contributed by atoms with van der Waals surface area (Å²) in [4.78, 5) is 23.5. The second-order valence-electron chi connectivity index (χ2n) is 5.79. The van der Waals surface area contributed by atoms with Crippen molar-refractivity contribution >= 4 is 17.6 Å². The lowest BCUT2D eigenvalue weighted by Crippen LogP contribution is -2.17. The lowest BCUT2D eigenvalue weighted by Gasteiger charge is -2.11. The molecule has 2 N–H and O–H groups in total. The van der Waals surface area contributed by atoms with E-state index in [2.05, 4.69) is 10.4 Å². The van der Waals surface area contributed by atoms with E-state index in [1.54, 1.807) is 17.7 Å². The average molecular weight is 315 g/mol. The summed E-state index contributed by atoms with van der Waals surface area (Å²) in [5, 5.41) is 16.3. The molecule has 0 unspecified atom stereocenters. The number of nitrogens with one attached hydrogen (secondary N) is 1. The summed E-state index contributed by atoms with van der Waals surface area (Å²) in [6.45, 7) is 7.37. The molecular formula is C17H21N3O3. The largest absolute Gasteiger partial charge is 0.478 e. The summed E-state index contributed by atoms with van der Waals surface area (Å²) in [6, 6.07) is 3.27. The van der Waals surface area contributed by atoms with Crippen molar-refractivity contribution in [3.63, 3.8) is 0 Å². The maximum atomic E-state index is 12.3. The van der Waals surface area contributed by atoms with E-state index in [1.807, 2.05) is 27.8 Å². The fraction of sp³-hybridized carbons (Fsp3) is 0.353. The molecule has 23 heavy (non-hydrogen) atoms. The second-order valence-corrected chi connectivity index (χ2v) is 5.79. The highest BCUT2D eigenvalue weighted by Gasteiger charge is 2.16. The Morgan fingerprint density at radius 1 is 1.17 bits per heavy atom. The van der Waals surface area contributed by atoms with Gasteiger partial charge in [0.05, 0.1) is 17.7 Å². The third-order valence-electron chi connectivity index (χ3n) is 4.07. The Bertz CT molecular complexity index is 791. The number of amides is 1. The summed E-state index contributed by atoms with van der Waals surface area (Å²) >= 11 is 0. The molecule has 1 aromatic carbocycles. The number of rotatable bonds is 4. The van der Waals surface area contributed by atoms with E-state index in [0.717, 1.165) is 22.5 Å². The first kappa shape index (κ1) is 16.7. The van der Waals surface area contributed by atoms with Gasteiger partial charge < -0.3 is 10.4 Å². The molecule has 0 radical (unpaired) electrons. The SMILES string of the molecule is Cc1cc(C)c(C(=O)O)cc1NC(=O)Cc1c(C)nn(C)c1C. The summed E-state index contributed by atoms with van der Waals surface area (Å²) in [6.07, 6.45) is 0.210. The zero-order valence-corrected chi connectivity index (χ0v) is 14.0. The molecule has 6 heteroatoms. The summed E-state index contributed by atoms with van der Waals surface area (Å²) in [7, 11) is 1.84. The molecule has 0 saturated heterocycles. The van der Waals surface area contributed by atoms with Crippen molar-refractivity contribution in [1.29, 1.82) is 0 Å². The monoisotopic (exact) mass is 315 g/mol. The number of benzene rings is 1. The van der Waals surface area contributed by atoms with Crippen molar-refractivity contribution in [3.05, 3.63) is 45.8 Å². The van der Waals surface area contributed by atoms with Crippen LogP contribution < -0.4 is 5.32 Å². The molecule has 0 aliphatic heterocycles. The number of hydrogen-bond donors (Lipinski definition) is 2. The third-order valence-corrected chi connectivity index (χ3v) is 4.07. The number of carboxylic acid groups (broad SMARTS) is 1. The van der Waals surface area contributed by atoms with Crippen LogP contribution in [-0.2, 0) is 18.3 Å². The fourth-order valence-electron chi connectivity index (χ4n) is 2.65. The topological polar surface area (TPSA) is 84.2 Å². The molecular weight excluding hydrogens is 294 g/mol. The van der Waals surface area contributed by atoms with Crippen LogP contribution in [0.15, 0.2) is 12.1 Å². The van der Waals surface area contributed by atoms with Gasteiger partial charge in [0.1, 0.15) is 0 Å². The number of carbonyl (C=O) groups excluding carboxylic acids is 1. The second kappa shape index (κ2) is 6.24. The maximum Gasteiger partial charge on any atom is 0.336 e. The average Bonchev–Trinajstić information content (AvgIpc) is 2.68. The molecule has 0 saturated carbocycles. The standard InChI is InChI=1S/C17H21N3O3/c1-9-6-10(2)15(7-13(9)17(22)23)18-16(21)8-14-11(3)19-20(5)12(14)4/h6-7H,8H2,1-5H3,(H,18,21)(H,22,23). The Labute approximate surface area is 135 Å². The van der Waals surface area contributed by atoms with Crippen LogP contribution in [0.25, 0.3) is 0 Å². The lowest BCUT2D eigenvalue weighted by molar-refractivity contribution is -0.115. The zero-order chi connectivity index (χ0) is 17.3. The van der Waals surface area contributed by atoms with Crippen LogP contribution in [0, 0.1) is 27.7 Å². The molecule has 0 aliphatic carbocycles. The van der Waals surface area contributed by atoms with E-state index in [-0.39, 0.29) is 17.9 Å². The van der Waals surface area contributed by atoms with Crippen LogP contribution in [0.2, 0.25) is 0 Å². The van der Waals surface area contributed by atoms with Gasteiger partial charge in [-0.25, -0.2) is 4.79 Å². The number of carboxylic acids is 1. The molecule has 0 bridgehead atoms. The fourth-order valence-corrected chi connectivity index (χ4v) is 2.65. The maximum absolute atomic E-state index is 12.3. The number of anilines is 1. The smallest absolute Gasteiger partial charge is 0.336 e. The van der Waals surface area contributed by atoms with Gasteiger partial charge in [-0.2, -0.15) is 5.10 Å². The summed E-state index contributed by atoms with van der Waals surface area (Å²) in [5.74, 6) is -1.19. The van der Waals surface area contributed by atoms with Crippen LogP contribution in [0.1, 0.15) is 38.4 Å². The highest BCUT2D eigenvalue weighted by molar-refractivity contribution is 5.96. The van der Waals surface area contributed by atoms with Crippen molar-refractivity contribution in [2.24, 2.45) is 7.05 Å². The quantitative estimate of drug-likeness (QED) is 0.908. The number of hydrogen-bond acceptors (Lipinski definition) is 3. The normalized spacial score (nSPS) is 10.7. The van der Waals surface area contributed by atoms with Gasteiger partial charge in [-0.1, -0.05) is 6.07 Å². The van der Waals surface area contributed by atoms with Crippen molar-refractivity contribution in [3.8, 4) is 0 Å². The zero-order valence-electron chi connectivity index (χ0n) is 14.0. The van der Waals surface area contributed by atoms with Gasteiger partial charge in [0.25, 0.3) is 0 Å². The minimum Gasteiger partial charge on any atom is -0.478 e. The molecule has 0 aliphatic rings. The minimum absolute atomic E-state index is 0.188. The molecule has 2 aromatic rings. The predicted molar refractivity (Wildman–Crippen MR) is 87.9 cm³/mol. The van der Waals surface area contributed by atoms with Crippen molar-refractivity contribution in [2.45, 2.75) is 34.1 Å². The highest BCUT2D eigenvalue weighted by atomic mass is 16.4. The van der Waals surface area contributed by atoms with E-state index in [0.29, 0.717) is 11.3 Å². The van der Waals surface area contributed by atoms with E-state index in [1.165, 1.54) is 6.07 Å². The highest BCUT2D eigenvalue weighted by Crippen LogP contribution is 2.21.